The first-order valence-electron chi connectivity index (χ1n) is 7.80. The number of likely N-dealkylation sites (tertiary alicyclic amines) is 1. The molecule has 1 aliphatic rings. The minimum absolute atomic E-state index is 0.0819. The number of nitrogens with zero attached hydrogens (tertiary/aromatic N) is 1. The zero-order valence-corrected chi connectivity index (χ0v) is 12.5. The van der Waals surface area contributed by atoms with Crippen molar-refractivity contribution in [3.05, 3.63) is 35.4 Å². The highest BCUT2D eigenvalue weighted by Crippen LogP contribution is 2.14. The van der Waals surface area contributed by atoms with Gasteiger partial charge in [0, 0.05) is 30.6 Å². The van der Waals surface area contributed by atoms with Crippen molar-refractivity contribution in [1.82, 2.24) is 4.90 Å². The molecule has 0 bridgehead atoms. The molecule has 0 radical (unpaired) electrons. The lowest BCUT2D eigenvalue weighted by Gasteiger charge is -2.24. The maximum Gasteiger partial charge on any atom is 0.253 e. The van der Waals surface area contributed by atoms with Crippen LogP contribution in [-0.2, 0) is 0 Å². The molecule has 0 saturated carbocycles. The highest BCUT2D eigenvalue weighted by Gasteiger charge is 2.16. The van der Waals surface area contributed by atoms with E-state index in [0.717, 1.165) is 37.1 Å². The fraction of sp³-hybridized carbons (Fsp3) is 0.500. The molecule has 0 atom stereocenters. The third-order valence-electron chi connectivity index (χ3n) is 3.74. The molecular formula is C18H23NO2. The number of hydrogen-bond acceptors (Lipinski definition) is 2. The largest absolute Gasteiger partial charge is 0.395 e. The van der Waals surface area contributed by atoms with Gasteiger partial charge in [-0.05, 0) is 37.1 Å². The number of rotatable bonds is 2. The summed E-state index contributed by atoms with van der Waals surface area (Å²) >= 11 is 0. The van der Waals surface area contributed by atoms with E-state index in [2.05, 4.69) is 11.8 Å². The summed E-state index contributed by atoms with van der Waals surface area (Å²) in [5.74, 6) is 5.99. The number of carbonyl (C=O) groups excluding carboxylic acids is 1. The Balaban J connectivity index is 2.00. The molecule has 21 heavy (non-hydrogen) atoms. The zero-order chi connectivity index (χ0) is 14.9. The van der Waals surface area contributed by atoms with Gasteiger partial charge in [0.15, 0.2) is 0 Å². The highest BCUT2D eigenvalue weighted by atomic mass is 16.2. The molecule has 1 fully saturated rings. The number of aliphatic hydroxyl groups excluding tert-OH is 1. The topological polar surface area (TPSA) is 40.5 Å². The molecule has 0 aliphatic carbocycles. The molecule has 1 saturated heterocycles. The SMILES string of the molecule is O=C(c1ccc(C#CCCO)cc1)N1CCCCCCC1. The van der Waals surface area contributed by atoms with Gasteiger partial charge >= 0.3 is 0 Å². The number of hydrogen-bond donors (Lipinski definition) is 1. The number of aliphatic hydroxyl groups is 1. The minimum atomic E-state index is 0.0819. The second-order valence-electron chi connectivity index (χ2n) is 5.41. The second-order valence-corrected chi connectivity index (χ2v) is 5.41. The Morgan fingerprint density at radius 2 is 1.67 bits per heavy atom. The van der Waals surface area contributed by atoms with Gasteiger partial charge < -0.3 is 10.0 Å². The summed E-state index contributed by atoms with van der Waals surface area (Å²) in [6.45, 7) is 1.83. The van der Waals surface area contributed by atoms with Crippen molar-refractivity contribution < 1.29 is 9.90 Å². The lowest BCUT2D eigenvalue weighted by Crippen LogP contribution is -2.33. The molecule has 0 unspecified atom stereocenters. The Morgan fingerprint density at radius 1 is 1.05 bits per heavy atom. The Morgan fingerprint density at radius 3 is 2.29 bits per heavy atom. The third-order valence-corrected chi connectivity index (χ3v) is 3.74. The monoisotopic (exact) mass is 285 g/mol. The van der Waals surface area contributed by atoms with E-state index in [1.54, 1.807) is 0 Å². The van der Waals surface area contributed by atoms with Gasteiger partial charge in [-0.1, -0.05) is 31.1 Å². The molecule has 2 rings (SSSR count). The van der Waals surface area contributed by atoms with Gasteiger partial charge in [-0.3, -0.25) is 4.79 Å². The van der Waals surface area contributed by atoms with Crippen molar-refractivity contribution >= 4 is 5.91 Å². The lowest BCUT2D eigenvalue weighted by atomic mass is 10.1. The van der Waals surface area contributed by atoms with Crippen LogP contribution in [0.25, 0.3) is 0 Å². The highest BCUT2D eigenvalue weighted by molar-refractivity contribution is 5.94. The molecule has 1 amide bonds. The Kier molecular flexibility index (Phi) is 6.30. The maximum atomic E-state index is 12.5. The maximum absolute atomic E-state index is 12.5. The van der Waals surface area contributed by atoms with Gasteiger partial charge in [0.2, 0.25) is 0 Å². The number of amides is 1. The van der Waals surface area contributed by atoms with Crippen LogP contribution in [0.15, 0.2) is 24.3 Å². The van der Waals surface area contributed by atoms with Gasteiger partial charge in [0.25, 0.3) is 5.91 Å². The van der Waals surface area contributed by atoms with E-state index < -0.39 is 0 Å². The summed E-state index contributed by atoms with van der Waals surface area (Å²) in [5.41, 5.74) is 1.62. The molecule has 112 valence electrons. The lowest BCUT2D eigenvalue weighted by molar-refractivity contribution is 0.0742. The second kappa shape index (κ2) is 8.49. The summed E-state index contributed by atoms with van der Waals surface area (Å²) in [5, 5.41) is 8.70. The summed E-state index contributed by atoms with van der Waals surface area (Å²) < 4.78 is 0. The van der Waals surface area contributed by atoms with Crippen molar-refractivity contribution in [3.8, 4) is 11.8 Å². The molecule has 1 aromatic carbocycles. The van der Waals surface area contributed by atoms with E-state index in [0.29, 0.717) is 6.42 Å². The number of benzene rings is 1. The van der Waals surface area contributed by atoms with Crippen LogP contribution in [-0.4, -0.2) is 35.6 Å². The van der Waals surface area contributed by atoms with Gasteiger partial charge in [0.1, 0.15) is 0 Å². The Hall–Kier alpha value is -1.79. The van der Waals surface area contributed by atoms with E-state index in [1.165, 1.54) is 19.3 Å². The Bertz CT molecular complexity index is 502. The summed E-state index contributed by atoms with van der Waals surface area (Å²) in [6, 6.07) is 7.46. The van der Waals surface area contributed by atoms with Crippen LogP contribution in [0, 0.1) is 11.8 Å². The fourth-order valence-electron chi connectivity index (χ4n) is 2.55. The van der Waals surface area contributed by atoms with Crippen molar-refractivity contribution in [1.29, 1.82) is 0 Å². The van der Waals surface area contributed by atoms with E-state index in [4.69, 9.17) is 5.11 Å². The molecular weight excluding hydrogens is 262 g/mol. The number of carbonyl (C=O) groups is 1. The van der Waals surface area contributed by atoms with Crippen LogP contribution >= 0.6 is 0 Å². The fourth-order valence-corrected chi connectivity index (χ4v) is 2.55. The standard InChI is InChI=1S/C18H23NO2/c20-15-7-4-8-16-9-11-17(12-10-16)18(21)19-13-5-2-1-3-6-14-19/h9-12,20H,1-3,5-7,13-15H2. The Labute approximate surface area is 127 Å². The summed E-state index contributed by atoms with van der Waals surface area (Å²) in [6.07, 6.45) is 6.44. The van der Waals surface area contributed by atoms with Crippen molar-refractivity contribution in [2.75, 3.05) is 19.7 Å². The van der Waals surface area contributed by atoms with Crippen LogP contribution in [0.1, 0.15) is 54.4 Å². The predicted octanol–water partition coefficient (Wildman–Crippen LogP) is 2.83. The molecule has 1 heterocycles. The van der Waals surface area contributed by atoms with Gasteiger partial charge in [-0.25, -0.2) is 0 Å². The van der Waals surface area contributed by atoms with E-state index in [-0.39, 0.29) is 12.5 Å². The van der Waals surface area contributed by atoms with Crippen LogP contribution < -0.4 is 0 Å². The first kappa shape index (κ1) is 15.6. The molecule has 3 nitrogen and oxygen atoms in total. The van der Waals surface area contributed by atoms with Crippen LogP contribution in [0.2, 0.25) is 0 Å². The van der Waals surface area contributed by atoms with Crippen LogP contribution in [0.4, 0.5) is 0 Å². The summed E-state index contributed by atoms with van der Waals surface area (Å²) in [4.78, 5) is 14.5. The molecule has 1 N–H and O–H groups in total. The van der Waals surface area contributed by atoms with E-state index >= 15 is 0 Å². The zero-order valence-electron chi connectivity index (χ0n) is 12.5. The van der Waals surface area contributed by atoms with Gasteiger partial charge in [0.05, 0.1) is 6.61 Å². The van der Waals surface area contributed by atoms with Crippen molar-refractivity contribution in [2.24, 2.45) is 0 Å². The van der Waals surface area contributed by atoms with Crippen LogP contribution in [0.3, 0.4) is 0 Å². The van der Waals surface area contributed by atoms with Crippen molar-refractivity contribution in [2.45, 2.75) is 38.5 Å². The first-order valence-corrected chi connectivity index (χ1v) is 7.80. The quantitative estimate of drug-likeness (QED) is 0.849. The molecule has 1 aromatic rings. The average molecular weight is 285 g/mol. The third kappa shape index (κ3) is 4.91. The van der Waals surface area contributed by atoms with Gasteiger partial charge in [-0.2, -0.15) is 0 Å². The molecule has 0 aromatic heterocycles. The smallest absolute Gasteiger partial charge is 0.253 e. The minimum Gasteiger partial charge on any atom is -0.395 e. The van der Waals surface area contributed by atoms with E-state index in [9.17, 15) is 4.79 Å². The van der Waals surface area contributed by atoms with E-state index in [1.807, 2.05) is 29.2 Å². The van der Waals surface area contributed by atoms with Crippen molar-refractivity contribution in [3.63, 3.8) is 0 Å². The van der Waals surface area contributed by atoms with Crippen LogP contribution in [0.5, 0.6) is 0 Å². The van der Waals surface area contributed by atoms with Gasteiger partial charge in [-0.15, -0.1) is 0 Å². The summed E-state index contributed by atoms with van der Waals surface area (Å²) in [7, 11) is 0. The first-order chi connectivity index (χ1) is 10.3. The molecule has 1 aliphatic heterocycles. The normalized spacial score (nSPS) is 15.6. The predicted molar refractivity (Wildman–Crippen MR) is 84.0 cm³/mol. The average Bonchev–Trinajstić information content (AvgIpc) is 2.47. The molecule has 0 spiro atoms. The molecule has 3 heteroatoms.